The fourth-order valence-electron chi connectivity index (χ4n) is 8.13. The average molecular weight is 865 g/mol. The topological polar surface area (TPSA) is 44.8 Å². The van der Waals surface area contributed by atoms with E-state index in [1.807, 2.05) is 6.92 Å². The molecule has 6 rings (SSSR count). The van der Waals surface area contributed by atoms with Crippen molar-refractivity contribution in [3.8, 4) is 21.3 Å². The lowest BCUT2D eigenvalue weighted by molar-refractivity contribution is 0.0527. The van der Waals surface area contributed by atoms with E-state index in [0.717, 1.165) is 74.6 Å². The largest absolute Gasteiger partial charge is 0.492 e. The van der Waals surface area contributed by atoms with Crippen molar-refractivity contribution in [2.24, 2.45) is 0 Å². The summed E-state index contributed by atoms with van der Waals surface area (Å²) in [5.41, 5.74) is 0. The standard InChI is InChI=1S/C49H65FO4S4/c1-6-9-11-13-15-17-19-21-23-25-27-53-43-37-32-39-35(31-40(57-39)47-41-42(50)48(49(51)52-8-3)58-45(41)34(5)56-47)30-36(37)44(46-38(43)29-33(4)55-46)54-28-26-24-22-20-18-16-14-12-10-7-2/h29-32H,6-28H2,1-5H3. The molecule has 0 aliphatic carbocycles. The van der Waals surface area contributed by atoms with Gasteiger partial charge in [-0.15, -0.1) is 45.3 Å². The zero-order chi connectivity index (χ0) is 40.9. The highest BCUT2D eigenvalue weighted by Crippen LogP contribution is 2.51. The highest BCUT2D eigenvalue weighted by Gasteiger charge is 2.27. The number of benzene rings is 2. The van der Waals surface area contributed by atoms with Gasteiger partial charge in [0.15, 0.2) is 5.82 Å². The smallest absolute Gasteiger partial charge is 0.351 e. The van der Waals surface area contributed by atoms with Crippen LogP contribution in [0.1, 0.15) is 169 Å². The van der Waals surface area contributed by atoms with Gasteiger partial charge in [0.25, 0.3) is 0 Å². The fraction of sp³-hybridized carbons (Fsp3) is 0.571. The van der Waals surface area contributed by atoms with Crippen LogP contribution in [0.3, 0.4) is 0 Å². The molecule has 0 unspecified atom stereocenters. The van der Waals surface area contributed by atoms with Gasteiger partial charge in [-0.25, -0.2) is 9.18 Å². The third-order valence-corrected chi connectivity index (χ3v) is 16.1. The Balaban J connectivity index is 1.25. The number of fused-ring (bicyclic) bond motifs is 4. The van der Waals surface area contributed by atoms with Crippen molar-refractivity contribution in [3.05, 3.63) is 44.7 Å². The van der Waals surface area contributed by atoms with Gasteiger partial charge in [0.1, 0.15) is 16.4 Å². The lowest BCUT2D eigenvalue weighted by Crippen LogP contribution is -2.03. The molecular formula is C49H65FO4S4. The first kappa shape index (κ1) is 44.8. The Morgan fingerprint density at radius 2 is 1.14 bits per heavy atom. The van der Waals surface area contributed by atoms with Crippen molar-refractivity contribution in [1.82, 2.24) is 0 Å². The molecule has 0 bridgehead atoms. The van der Waals surface area contributed by atoms with E-state index in [4.69, 9.17) is 14.2 Å². The molecule has 0 atom stereocenters. The molecule has 0 aliphatic rings. The quantitative estimate of drug-likeness (QED) is 0.0382. The predicted octanol–water partition coefficient (Wildman–Crippen LogP) is 17.7. The van der Waals surface area contributed by atoms with E-state index < -0.39 is 11.8 Å². The Morgan fingerprint density at radius 3 is 1.72 bits per heavy atom. The minimum Gasteiger partial charge on any atom is -0.492 e. The molecule has 4 heterocycles. The molecular weight excluding hydrogens is 800 g/mol. The van der Waals surface area contributed by atoms with Crippen molar-refractivity contribution in [3.63, 3.8) is 0 Å². The van der Waals surface area contributed by atoms with Gasteiger partial charge in [0.2, 0.25) is 0 Å². The van der Waals surface area contributed by atoms with Gasteiger partial charge in [0, 0.05) is 40.9 Å². The number of halogens is 1. The van der Waals surface area contributed by atoms with Crippen molar-refractivity contribution in [2.75, 3.05) is 19.8 Å². The van der Waals surface area contributed by atoms with Crippen LogP contribution in [0, 0.1) is 19.7 Å². The molecule has 6 aromatic rings. The Hall–Kier alpha value is -2.72. The molecule has 0 spiro atoms. The second-order valence-corrected chi connectivity index (χ2v) is 20.6. The van der Waals surface area contributed by atoms with E-state index in [2.05, 4.69) is 45.0 Å². The minimum atomic E-state index is -0.593. The SMILES string of the molecule is CCCCCCCCCCCCOc1c2cc3sc(-c4sc(C)c5sc(C(=O)OCC)c(F)c45)cc3cc2c(OCCCCCCCCCCCC)c2sc(C)cc12. The summed E-state index contributed by atoms with van der Waals surface area (Å²) in [6.45, 7) is 12.1. The summed E-state index contributed by atoms with van der Waals surface area (Å²) < 4.78 is 37.9. The molecule has 0 N–H and O–H groups in total. The summed E-state index contributed by atoms with van der Waals surface area (Å²) in [4.78, 5) is 16.8. The highest BCUT2D eigenvalue weighted by atomic mass is 32.1. The second kappa shape index (κ2) is 22.8. The molecule has 0 fully saturated rings. The maximum absolute atomic E-state index is 16.0. The monoisotopic (exact) mass is 864 g/mol. The normalized spacial score (nSPS) is 11.9. The first-order valence-electron chi connectivity index (χ1n) is 22.4. The summed E-state index contributed by atoms with van der Waals surface area (Å²) in [6.07, 6.45) is 25.8. The first-order valence-corrected chi connectivity index (χ1v) is 25.7. The van der Waals surface area contributed by atoms with E-state index in [-0.39, 0.29) is 11.5 Å². The number of carbonyl (C=O) groups excluding carboxylic acids is 1. The third-order valence-electron chi connectivity index (χ3n) is 11.3. The Labute approximate surface area is 362 Å². The van der Waals surface area contributed by atoms with Crippen LogP contribution in [0.5, 0.6) is 11.5 Å². The van der Waals surface area contributed by atoms with Gasteiger partial charge in [-0.05, 0) is 63.3 Å². The van der Waals surface area contributed by atoms with Gasteiger partial charge in [-0.3, -0.25) is 0 Å². The van der Waals surface area contributed by atoms with Crippen LogP contribution in [0.4, 0.5) is 4.39 Å². The van der Waals surface area contributed by atoms with Crippen LogP contribution < -0.4 is 9.47 Å². The molecule has 0 aliphatic heterocycles. The molecule has 58 heavy (non-hydrogen) atoms. The number of rotatable bonds is 27. The number of ether oxygens (including phenoxy) is 3. The van der Waals surface area contributed by atoms with Crippen molar-refractivity contribution >= 4 is 92.3 Å². The van der Waals surface area contributed by atoms with Crippen LogP contribution >= 0.6 is 45.3 Å². The van der Waals surface area contributed by atoms with E-state index >= 15 is 4.39 Å². The van der Waals surface area contributed by atoms with Crippen LogP contribution in [0.15, 0.2) is 24.3 Å². The predicted molar refractivity (Wildman–Crippen MR) is 253 cm³/mol. The lowest BCUT2D eigenvalue weighted by atomic mass is 10.0. The molecule has 0 amide bonds. The molecule has 4 nitrogen and oxygen atoms in total. The Bertz CT molecular complexity index is 2120. The van der Waals surface area contributed by atoms with Gasteiger partial charge in [-0.1, -0.05) is 129 Å². The van der Waals surface area contributed by atoms with Gasteiger partial charge in [0.05, 0.1) is 34.1 Å². The van der Waals surface area contributed by atoms with Crippen molar-refractivity contribution in [2.45, 2.75) is 163 Å². The van der Waals surface area contributed by atoms with E-state index in [1.165, 1.54) is 132 Å². The summed E-state index contributed by atoms with van der Waals surface area (Å²) in [6, 6.07) is 9.01. The van der Waals surface area contributed by atoms with Crippen molar-refractivity contribution in [1.29, 1.82) is 0 Å². The summed E-state index contributed by atoms with van der Waals surface area (Å²) in [5, 5.41) is 4.93. The number of hydrogen-bond acceptors (Lipinski definition) is 8. The number of aryl methyl sites for hydroxylation is 2. The maximum Gasteiger partial charge on any atom is 0.351 e. The number of thiophene rings is 4. The number of unbranched alkanes of at least 4 members (excludes halogenated alkanes) is 18. The molecule has 0 saturated heterocycles. The van der Waals surface area contributed by atoms with Crippen LogP contribution in [0.2, 0.25) is 0 Å². The molecule has 0 saturated carbocycles. The van der Waals surface area contributed by atoms with Crippen LogP contribution in [0.25, 0.3) is 50.8 Å². The Morgan fingerprint density at radius 1 is 0.586 bits per heavy atom. The highest BCUT2D eigenvalue weighted by molar-refractivity contribution is 7.30. The molecule has 9 heteroatoms. The maximum atomic E-state index is 16.0. The third kappa shape index (κ3) is 11.2. The van der Waals surface area contributed by atoms with E-state index in [9.17, 15) is 4.79 Å². The summed E-state index contributed by atoms with van der Waals surface area (Å²) >= 11 is 6.26. The van der Waals surface area contributed by atoms with E-state index in [1.54, 1.807) is 40.9 Å². The minimum absolute atomic E-state index is 0.0552. The molecule has 4 aromatic heterocycles. The Kier molecular flexibility index (Phi) is 17.6. The van der Waals surface area contributed by atoms with Gasteiger partial charge < -0.3 is 14.2 Å². The zero-order valence-corrected chi connectivity index (χ0v) is 39.0. The number of carbonyl (C=O) groups is 1. The molecule has 2 aromatic carbocycles. The number of hydrogen-bond donors (Lipinski definition) is 0. The van der Waals surface area contributed by atoms with Gasteiger partial charge in [-0.2, -0.15) is 0 Å². The summed E-state index contributed by atoms with van der Waals surface area (Å²) in [5.74, 6) is 0.842. The van der Waals surface area contributed by atoms with Gasteiger partial charge >= 0.3 is 5.97 Å². The average Bonchev–Trinajstić information content (AvgIpc) is 3.98. The van der Waals surface area contributed by atoms with Crippen LogP contribution in [-0.4, -0.2) is 25.8 Å². The van der Waals surface area contributed by atoms with Crippen molar-refractivity contribution < 1.29 is 23.4 Å². The first-order chi connectivity index (χ1) is 28.4. The fourth-order valence-corrected chi connectivity index (χ4v) is 12.7. The molecule has 316 valence electrons. The lowest BCUT2D eigenvalue weighted by Gasteiger charge is -2.16. The van der Waals surface area contributed by atoms with E-state index in [0.29, 0.717) is 18.6 Å². The molecule has 0 radical (unpaired) electrons. The summed E-state index contributed by atoms with van der Waals surface area (Å²) in [7, 11) is 0. The zero-order valence-electron chi connectivity index (χ0n) is 35.7. The second-order valence-electron chi connectivity index (χ2n) is 16.0. The number of esters is 1. The van der Waals surface area contributed by atoms with Crippen LogP contribution in [-0.2, 0) is 4.74 Å².